The van der Waals surface area contributed by atoms with E-state index in [1.165, 1.54) is 0 Å². The first-order valence-corrected chi connectivity index (χ1v) is 8.10. The second-order valence-corrected chi connectivity index (χ2v) is 5.87. The molecule has 132 valence electrons. The normalized spacial score (nSPS) is 10.5. The quantitative estimate of drug-likeness (QED) is 0.710. The Hall–Kier alpha value is -3.48. The van der Waals surface area contributed by atoms with E-state index in [0.29, 0.717) is 29.4 Å². The summed E-state index contributed by atoms with van der Waals surface area (Å²) in [5, 5.41) is 6.68. The molecule has 2 aromatic carbocycles. The van der Waals surface area contributed by atoms with Crippen LogP contribution in [-0.2, 0) is 11.2 Å². The number of nitrogens with two attached hydrogens (primary N) is 1. The van der Waals surface area contributed by atoms with Gasteiger partial charge >= 0.3 is 0 Å². The Morgan fingerprint density at radius 1 is 1.08 bits per heavy atom. The molecule has 0 bridgehead atoms. The Morgan fingerprint density at radius 3 is 2.42 bits per heavy atom. The standard InChI is InChI=1S/C19H18N4O3/c1-12-2-4-14(5-3-12)19-22-17(26-23-19)11-10-16(24)21-15-8-6-13(7-9-15)18(20)25/h2-9H,10-11H2,1H3,(H2,20,25)(H,21,24). The SMILES string of the molecule is Cc1ccc(-c2noc(CCC(=O)Nc3ccc(C(N)=O)cc3)n2)cc1. The van der Waals surface area contributed by atoms with E-state index < -0.39 is 5.91 Å². The number of carbonyl (C=O) groups excluding carboxylic acids is 2. The van der Waals surface area contributed by atoms with Crippen LogP contribution in [0.15, 0.2) is 53.1 Å². The number of rotatable bonds is 6. The molecule has 1 heterocycles. The molecule has 0 radical (unpaired) electrons. The minimum atomic E-state index is -0.511. The number of primary amides is 1. The Bertz CT molecular complexity index is 915. The van der Waals surface area contributed by atoms with Crippen molar-refractivity contribution < 1.29 is 14.1 Å². The van der Waals surface area contributed by atoms with E-state index in [2.05, 4.69) is 15.5 Å². The maximum absolute atomic E-state index is 12.0. The van der Waals surface area contributed by atoms with E-state index in [1.54, 1.807) is 24.3 Å². The lowest BCUT2D eigenvalue weighted by Crippen LogP contribution is -2.13. The Kier molecular flexibility index (Phi) is 5.07. The molecule has 0 atom stereocenters. The number of nitrogens with zero attached hydrogens (tertiary/aromatic N) is 2. The van der Waals surface area contributed by atoms with Gasteiger partial charge in [-0.15, -0.1) is 0 Å². The van der Waals surface area contributed by atoms with Crippen LogP contribution in [0.4, 0.5) is 5.69 Å². The van der Waals surface area contributed by atoms with Gasteiger partial charge in [0, 0.05) is 29.7 Å². The fraction of sp³-hybridized carbons (Fsp3) is 0.158. The van der Waals surface area contributed by atoms with Crippen LogP contribution in [0.1, 0.15) is 28.2 Å². The summed E-state index contributed by atoms with van der Waals surface area (Å²) in [4.78, 5) is 27.4. The molecule has 0 saturated carbocycles. The highest BCUT2D eigenvalue weighted by molar-refractivity contribution is 5.94. The summed E-state index contributed by atoms with van der Waals surface area (Å²) in [7, 11) is 0. The molecular weight excluding hydrogens is 332 g/mol. The number of anilines is 1. The molecule has 7 nitrogen and oxygen atoms in total. The van der Waals surface area contributed by atoms with Crippen molar-refractivity contribution in [1.82, 2.24) is 10.1 Å². The van der Waals surface area contributed by atoms with E-state index in [1.807, 2.05) is 31.2 Å². The Balaban J connectivity index is 1.54. The van der Waals surface area contributed by atoms with E-state index in [-0.39, 0.29) is 12.3 Å². The lowest BCUT2D eigenvalue weighted by atomic mass is 10.1. The van der Waals surface area contributed by atoms with Crippen LogP contribution in [0.25, 0.3) is 11.4 Å². The van der Waals surface area contributed by atoms with Gasteiger partial charge in [-0.25, -0.2) is 0 Å². The van der Waals surface area contributed by atoms with Gasteiger partial charge < -0.3 is 15.6 Å². The minimum Gasteiger partial charge on any atom is -0.366 e. The maximum Gasteiger partial charge on any atom is 0.248 e. The molecule has 3 aromatic rings. The fourth-order valence-corrected chi connectivity index (χ4v) is 2.34. The van der Waals surface area contributed by atoms with Crippen LogP contribution in [0.2, 0.25) is 0 Å². The first-order chi connectivity index (χ1) is 12.5. The summed E-state index contributed by atoms with van der Waals surface area (Å²) in [6, 6.07) is 14.2. The minimum absolute atomic E-state index is 0.188. The second kappa shape index (κ2) is 7.60. The molecule has 0 spiro atoms. The molecule has 3 rings (SSSR count). The highest BCUT2D eigenvalue weighted by atomic mass is 16.5. The predicted molar refractivity (Wildman–Crippen MR) is 96.4 cm³/mol. The molecule has 0 unspecified atom stereocenters. The highest BCUT2D eigenvalue weighted by Crippen LogP contribution is 2.17. The summed E-state index contributed by atoms with van der Waals surface area (Å²) < 4.78 is 5.20. The molecule has 3 N–H and O–H groups in total. The number of hydrogen-bond acceptors (Lipinski definition) is 5. The van der Waals surface area contributed by atoms with Crippen molar-refractivity contribution in [3.63, 3.8) is 0 Å². The molecule has 0 fully saturated rings. The molecule has 0 saturated heterocycles. The summed E-state index contributed by atoms with van der Waals surface area (Å²) in [5.74, 6) is 0.206. The lowest BCUT2D eigenvalue weighted by molar-refractivity contribution is -0.116. The molecule has 0 aliphatic rings. The van der Waals surface area contributed by atoms with Gasteiger partial charge in [0.15, 0.2) is 0 Å². The van der Waals surface area contributed by atoms with Crippen molar-refractivity contribution in [1.29, 1.82) is 0 Å². The van der Waals surface area contributed by atoms with Gasteiger partial charge in [0.05, 0.1) is 0 Å². The molecule has 0 aliphatic carbocycles. The van der Waals surface area contributed by atoms with Crippen molar-refractivity contribution in [3.05, 3.63) is 65.5 Å². The van der Waals surface area contributed by atoms with Gasteiger partial charge in [-0.05, 0) is 31.2 Å². The van der Waals surface area contributed by atoms with Crippen LogP contribution in [0.3, 0.4) is 0 Å². The van der Waals surface area contributed by atoms with Crippen LogP contribution in [0, 0.1) is 6.92 Å². The molecule has 26 heavy (non-hydrogen) atoms. The van der Waals surface area contributed by atoms with Crippen molar-refractivity contribution in [2.24, 2.45) is 5.73 Å². The third kappa shape index (κ3) is 4.32. The van der Waals surface area contributed by atoms with E-state index in [9.17, 15) is 9.59 Å². The number of amides is 2. The summed E-state index contributed by atoms with van der Waals surface area (Å²) >= 11 is 0. The summed E-state index contributed by atoms with van der Waals surface area (Å²) in [6.45, 7) is 2.01. The zero-order valence-electron chi connectivity index (χ0n) is 14.2. The summed E-state index contributed by atoms with van der Waals surface area (Å²) in [5.41, 5.74) is 8.17. The van der Waals surface area contributed by atoms with Crippen molar-refractivity contribution in [2.45, 2.75) is 19.8 Å². The number of benzene rings is 2. The zero-order valence-corrected chi connectivity index (χ0v) is 14.2. The van der Waals surface area contributed by atoms with Gasteiger partial charge in [-0.2, -0.15) is 4.98 Å². The zero-order chi connectivity index (χ0) is 18.5. The molecular formula is C19H18N4O3. The third-order valence-electron chi connectivity index (χ3n) is 3.80. The largest absolute Gasteiger partial charge is 0.366 e. The average Bonchev–Trinajstić information content (AvgIpc) is 3.10. The van der Waals surface area contributed by atoms with Gasteiger partial charge in [0.1, 0.15) is 0 Å². The summed E-state index contributed by atoms with van der Waals surface area (Å²) in [6.07, 6.45) is 0.539. The van der Waals surface area contributed by atoms with Crippen LogP contribution < -0.4 is 11.1 Å². The van der Waals surface area contributed by atoms with Crippen LogP contribution >= 0.6 is 0 Å². The highest BCUT2D eigenvalue weighted by Gasteiger charge is 2.11. The van der Waals surface area contributed by atoms with E-state index in [0.717, 1.165) is 11.1 Å². The Morgan fingerprint density at radius 2 is 1.77 bits per heavy atom. The predicted octanol–water partition coefficient (Wildman–Crippen LogP) is 2.72. The van der Waals surface area contributed by atoms with Gasteiger partial charge in [-0.1, -0.05) is 35.0 Å². The monoisotopic (exact) mass is 350 g/mol. The molecule has 7 heteroatoms. The van der Waals surface area contributed by atoms with Gasteiger partial charge in [0.25, 0.3) is 0 Å². The number of hydrogen-bond donors (Lipinski definition) is 2. The Labute approximate surface area is 150 Å². The average molecular weight is 350 g/mol. The van der Waals surface area contributed by atoms with E-state index in [4.69, 9.17) is 10.3 Å². The molecule has 1 aromatic heterocycles. The fourth-order valence-electron chi connectivity index (χ4n) is 2.34. The number of aromatic nitrogens is 2. The second-order valence-electron chi connectivity index (χ2n) is 5.87. The first-order valence-electron chi connectivity index (χ1n) is 8.10. The van der Waals surface area contributed by atoms with Crippen LogP contribution in [-0.4, -0.2) is 22.0 Å². The number of aryl methyl sites for hydroxylation is 2. The third-order valence-corrected chi connectivity index (χ3v) is 3.80. The van der Waals surface area contributed by atoms with Gasteiger partial charge in [0.2, 0.25) is 23.5 Å². The molecule has 0 aliphatic heterocycles. The van der Waals surface area contributed by atoms with Crippen LogP contribution in [0.5, 0.6) is 0 Å². The topological polar surface area (TPSA) is 111 Å². The smallest absolute Gasteiger partial charge is 0.248 e. The maximum atomic E-state index is 12.0. The molecule has 2 amide bonds. The van der Waals surface area contributed by atoms with E-state index >= 15 is 0 Å². The lowest BCUT2D eigenvalue weighted by Gasteiger charge is -2.04. The van der Waals surface area contributed by atoms with Crippen molar-refractivity contribution in [2.75, 3.05) is 5.32 Å². The van der Waals surface area contributed by atoms with Gasteiger partial charge in [-0.3, -0.25) is 9.59 Å². The first kappa shape index (κ1) is 17.3. The van der Waals surface area contributed by atoms with Crippen molar-refractivity contribution in [3.8, 4) is 11.4 Å². The van der Waals surface area contributed by atoms with Crippen molar-refractivity contribution >= 4 is 17.5 Å². The number of carbonyl (C=O) groups is 2. The number of nitrogens with one attached hydrogen (secondary N) is 1.